The first kappa shape index (κ1) is 14.1. The minimum absolute atomic E-state index is 0.538. The molecule has 5 heteroatoms. The molecular formula is C17H21N3OS. The summed E-state index contributed by atoms with van der Waals surface area (Å²) in [4.78, 5) is 3.62. The third kappa shape index (κ3) is 3.14. The van der Waals surface area contributed by atoms with Gasteiger partial charge in [0, 0.05) is 29.2 Å². The fourth-order valence-electron chi connectivity index (χ4n) is 2.90. The van der Waals surface area contributed by atoms with Crippen LogP contribution in [0.25, 0.3) is 0 Å². The molecule has 22 heavy (non-hydrogen) atoms. The quantitative estimate of drug-likeness (QED) is 0.852. The molecule has 0 radical (unpaired) electrons. The largest absolute Gasteiger partial charge is 0.408 e. The van der Waals surface area contributed by atoms with Crippen LogP contribution < -0.4 is 4.90 Å². The fraction of sp³-hybridized carbons (Fsp3) is 0.529. The second kappa shape index (κ2) is 5.95. The minimum atomic E-state index is 0.538. The second-order valence-electron chi connectivity index (χ2n) is 6.32. The van der Waals surface area contributed by atoms with E-state index < -0.39 is 0 Å². The number of anilines is 1. The van der Waals surface area contributed by atoms with Crippen LogP contribution in [0.1, 0.15) is 43.1 Å². The van der Waals surface area contributed by atoms with Crippen molar-refractivity contribution < 1.29 is 4.42 Å². The van der Waals surface area contributed by atoms with Gasteiger partial charge in [0.2, 0.25) is 5.89 Å². The molecule has 1 aromatic heterocycles. The lowest BCUT2D eigenvalue weighted by Gasteiger charge is -2.30. The Morgan fingerprint density at radius 3 is 2.68 bits per heavy atom. The Morgan fingerprint density at radius 2 is 1.95 bits per heavy atom. The maximum atomic E-state index is 5.81. The molecule has 0 atom stereocenters. The monoisotopic (exact) mass is 315 g/mol. The molecule has 0 N–H and O–H groups in total. The van der Waals surface area contributed by atoms with Gasteiger partial charge in [0.25, 0.3) is 0 Å². The lowest BCUT2D eigenvalue weighted by molar-refractivity contribution is 0.465. The third-order valence-corrected chi connectivity index (χ3v) is 5.69. The van der Waals surface area contributed by atoms with Gasteiger partial charge in [0.15, 0.2) is 0 Å². The van der Waals surface area contributed by atoms with E-state index in [0.29, 0.717) is 11.2 Å². The molecule has 2 aromatic rings. The number of aromatic nitrogens is 2. The van der Waals surface area contributed by atoms with Crippen LogP contribution in [0.15, 0.2) is 33.6 Å². The molecule has 2 heterocycles. The van der Waals surface area contributed by atoms with Gasteiger partial charge >= 0.3 is 6.01 Å². The van der Waals surface area contributed by atoms with Crippen LogP contribution in [-0.2, 0) is 0 Å². The summed E-state index contributed by atoms with van der Waals surface area (Å²) in [6.45, 7) is 4.17. The van der Waals surface area contributed by atoms with Gasteiger partial charge in [-0.15, -0.1) is 16.9 Å². The zero-order valence-electron chi connectivity index (χ0n) is 12.9. The van der Waals surface area contributed by atoms with Crippen LogP contribution in [0.5, 0.6) is 0 Å². The topological polar surface area (TPSA) is 42.2 Å². The molecule has 2 aliphatic rings. The molecule has 1 saturated carbocycles. The zero-order valence-corrected chi connectivity index (χ0v) is 13.7. The highest BCUT2D eigenvalue weighted by Crippen LogP contribution is 2.40. The lowest BCUT2D eigenvalue weighted by Crippen LogP contribution is -2.35. The fourth-order valence-corrected chi connectivity index (χ4v) is 4.14. The Morgan fingerprint density at radius 1 is 1.14 bits per heavy atom. The molecule has 4 rings (SSSR count). The maximum absolute atomic E-state index is 5.81. The van der Waals surface area contributed by atoms with Crippen molar-refractivity contribution in [3.05, 3.63) is 35.7 Å². The van der Waals surface area contributed by atoms with Gasteiger partial charge < -0.3 is 9.32 Å². The minimum Gasteiger partial charge on any atom is -0.408 e. The van der Waals surface area contributed by atoms with E-state index in [-0.39, 0.29) is 0 Å². The molecule has 0 bridgehead atoms. The van der Waals surface area contributed by atoms with E-state index in [1.807, 2.05) is 11.8 Å². The summed E-state index contributed by atoms with van der Waals surface area (Å²) < 4.78 is 5.81. The smallest absolute Gasteiger partial charge is 0.318 e. The first-order chi connectivity index (χ1) is 10.8. The van der Waals surface area contributed by atoms with Crippen molar-refractivity contribution in [2.45, 2.75) is 48.7 Å². The average molecular weight is 315 g/mol. The van der Waals surface area contributed by atoms with E-state index in [4.69, 9.17) is 4.42 Å². The Labute approximate surface area is 135 Å². The molecule has 1 aromatic carbocycles. The number of benzene rings is 1. The molecule has 2 fully saturated rings. The zero-order chi connectivity index (χ0) is 14.9. The number of nitrogens with zero attached hydrogens (tertiary/aromatic N) is 3. The number of hydrogen-bond acceptors (Lipinski definition) is 5. The molecule has 1 aliphatic carbocycles. The Bertz CT molecular complexity index is 645. The molecule has 0 unspecified atom stereocenters. The predicted octanol–water partition coefficient (Wildman–Crippen LogP) is 4.02. The molecule has 0 spiro atoms. The van der Waals surface area contributed by atoms with Crippen molar-refractivity contribution in [3.63, 3.8) is 0 Å². The molecular weight excluding hydrogens is 294 g/mol. The van der Waals surface area contributed by atoms with Crippen LogP contribution in [0, 0.1) is 6.92 Å². The van der Waals surface area contributed by atoms with Gasteiger partial charge in [-0.1, -0.05) is 22.8 Å². The van der Waals surface area contributed by atoms with Crippen molar-refractivity contribution in [2.75, 3.05) is 18.0 Å². The molecule has 0 amide bonds. The van der Waals surface area contributed by atoms with Gasteiger partial charge in [0.05, 0.1) is 0 Å². The third-order valence-electron chi connectivity index (χ3n) is 4.36. The van der Waals surface area contributed by atoms with Crippen molar-refractivity contribution in [1.82, 2.24) is 10.2 Å². The predicted molar refractivity (Wildman–Crippen MR) is 88.5 cm³/mol. The second-order valence-corrected chi connectivity index (χ2v) is 7.69. The lowest BCUT2D eigenvalue weighted by atomic mass is 10.1. The molecule has 116 valence electrons. The van der Waals surface area contributed by atoms with Gasteiger partial charge in [-0.2, -0.15) is 0 Å². The van der Waals surface area contributed by atoms with Crippen LogP contribution in [0.4, 0.5) is 6.01 Å². The average Bonchev–Trinajstić information content (AvgIpc) is 3.26. The number of aryl methyl sites for hydroxylation is 1. The van der Waals surface area contributed by atoms with Gasteiger partial charge in [0.1, 0.15) is 0 Å². The van der Waals surface area contributed by atoms with E-state index in [1.165, 1.54) is 36.1 Å². The SMILES string of the molecule is Cc1cccc(SC2CCN(c3nnc(C4CC4)o3)CC2)c1. The number of thioether (sulfide) groups is 1. The van der Waals surface area contributed by atoms with Crippen molar-refractivity contribution in [1.29, 1.82) is 0 Å². The van der Waals surface area contributed by atoms with Crippen LogP contribution in [0.3, 0.4) is 0 Å². The summed E-state index contributed by atoms with van der Waals surface area (Å²) in [6.07, 6.45) is 4.74. The molecule has 1 aliphatic heterocycles. The van der Waals surface area contributed by atoms with Gasteiger partial charge in [-0.3, -0.25) is 0 Å². The summed E-state index contributed by atoms with van der Waals surface area (Å²) in [5, 5.41) is 9.09. The van der Waals surface area contributed by atoms with Crippen LogP contribution in [-0.4, -0.2) is 28.5 Å². The van der Waals surface area contributed by atoms with Crippen molar-refractivity contribution in [2.24, 2.45) is 0 Å². The Hall–Kier alpha value is -1.49. The summed E-state index contributed by atoms with van der Waals surface area (Å²) in [7, 11) is 0. The first-order valence-electron chi connectivity index (χ1n) is 8.09. The Kier molecular flexibility index (Phi) is 3.82. The highest BCUT2D eigenvalue weighted by molar-refractivity contribution is 8.00. The van der Waals surface area contributed by atoms with Crippen molar-refractivity contribution >= 4 is 17.8 Å². The van der Waals surface area contributed by atoms with E-state index in [1.54, 1.807) is 0 Å². The number of piperidine rings is 1. The molecule has 1 saturated heterocycles. The standard InChI is InChI=1S/C17H21N3OS/c1-12-3-2-4-15(11-12)22-14-7-9-20(10-8-14)17-19-18-16(21-17)13-5-6-13/h2-4,11,13-14H,5-10H2,1H3. The van der Waals surface area contributed by atoms with E-state index >= 15 is 0 Å². The maximum Gasteiger partial charge on any atom is 0.318 e. The van der Waals surface area contributed by atoms with Crippen LogP contribution >= 0.6 is 11.8 Å². The molecule has 4 nitrogen and oxygen atoms in total. The number of hydrogen-bond donors (Lipinski definition) is 0. The summed E-state index contributed by atoms with van der Waals surface area (Å²) in [5.41, 5.74) is 1.33. The van der Waals surface area contributed by atoms with Crippen molar-refractivity contribution in [3.8, 4) is 0 Å². The highest BCUT2D eigenvalue weighted by Gasteiger charge is 2.31. The first-order valence-corrected chi connectivity index (χ1v) is 8.97. The number of rotatable bonds is 4. The normalized spacial score (nSPS) is 19.6. The summed E-state index contributed by atoms with van der Waals surface area (Å²) in [5.74, 6) is 1.38. The van der Waals surface area contributed by atoms with E-state index in [9.17, 15) is 0 Å². The Balaban J connectivity index is 1.33. The van der Waals surface area contributed by atoms with E-state index in [2.05, 4.69) is 46.3 Å². The van der Waals surface area contributed by atoms with Gasteiger partial charge in [-0.05, 0) is 44.7 Å². The summed E-state index contributed by atoms with van der Waals surface area (Å²) >= 11 is 2.00. The van der Waals surface area contributed by atoms with Gasteiger partial charge in [-0.25, -0.2) is 0 Å². The van der Waals surface area contributed by atoms with Crippen LogP contribution in [0.2, 0.25) is 0 Å². The summed E-state index contributed by atoms with van der Waals surface area (Å²) in [6, 6.07) is 9.51. The highest BCUT2D eigenvalue weighted by atomic mass is 32.2. The van der Waals surface area contributed by atoms with E-state index in [0.717, 1.165) is 25.0 Å².